The number of amides is 2. The third-order valence-electron chi connectivity index (χ3n) is 5.70. The fourth-order valence-electron chi connectivity index (χ4n) is 4.40. The molecule has 1 N–H and O–H groups in total. The van der Waals surface area contributed by atoms with Gasteiger partial charge in [-0.3, -0.25) is 14.3 Å². The lowest BCUT2D eigenvalue weighted by molar-refractivity contribution is -0.119. The van der Waals surface area contributed by atoms with Gasteiger partial charge in [-0.1, -0.05) is 31.5 Å². The van der Waals surface area contributed by atoms with Gasteiger partial charge in [0.2, 0.25) is 5.91 Å². The molecule has 0 bridgehead atoms. The van der Waals surface area contributed by atoms with Crippen LogP contribution in [0.25, 0.3) is 0 Å². The van der Waals surface area contributed by atoms with Crippen molar-refractivity contribution < 1.29 is 14.0 Å². The summed E-state index contributed by atoms with van der Waals surface area (Å²) in [5, 5.41) is 16.7. The second kappa shape index (κ2) is 9.27. The third kappa shape index (κ3) is 4.52. The maximum atomic E-state index is 14.2. The zero-order valence-corrected chi connectivity index (χ0v) is 19.7. The minimum absolute atomic E-state index is 0.105. The van der Waals surface area contributed by atoms with E-state index >= 15 is 0 Å². The highest BCUT2D eigenvalue weighted by Crippen LogP contribution is 2.44. The number of nitrogens with one attached hydrogen (secondary N) is 1. The van der Waals surface area contributed by atoms with E-state index in [1.54, 1.807) is 35.1 Å². The van der Waals surface area contributed by atoms with Crippen molar-refractivity contribution in [1.82, 2.24) is 14.7 Å². The number of hydrogen-bond acceptors (Lipinski definition) is 4. The molecule has 0 saturated carbocycles. The van der Waals surface area contributed by atoms with Crippen molar-refractivity contribution >= 4 is 29.1 Å². The normalized spacial score (nSPS) is 17.4. The lowest BCUT2D eigenvalue weighted by Gasteiger charge is -2.42. The summed E-state index contributed by atoms with van der Waals surface area (Å²) in [4.78, 5) is 28.9. The average Bonchev–Trinajstić information content (AvgIpc) is 3.20. The predicted octanol–water partition coefficient (Wildman–Crippen LogP) is 4.66. The quantitative estimate of drug-likeness (QED) is 0.576. The number of rotatable bonds is 5. The van der Waals surface area contributed by atoms with E-state index in [0.29, 0.717) is 33.9 Å². The van der Waals surface area contributed by atoms with Gasteiger partial charge < -0.3 is 10.2 Å². The number of nitrogens with zero attached hydrogens (tertiary/aromatic N) is 4. The van der Waals surface area contributed by atoms with Gasteiger partial charge in [-0.15, -0.1) is 0 Å². The van der Waals surface area contributed by atoms with E-state index in [2.05, 4.69) is 10.4 Å². The number of benzene rings is 2. The molecule has 7 nitrogen and oxygen atoms in total. The van der Waals surface area contributed by atoms with Crippen LogP contribution in [-0.4, -0.2) is 33.0 Å². The molecule has 0 fully saturated rings. The van der Waals surface area contributed by atoms with Crippen LogP contribution in [0, 0.1) is 23.1 Å². The predicted molar refractivity (Wildman–Crippen MR) is 126 cm³/mol. The fourth-order valence-corrected chi connectivity index (χ4v) is 4.64. The molecule has 2 heterocycles. The Morgan fingerprint density at radius 1 is 1.29 bits per heavy atom. The van der Waals surface area contributed by atoms with E-state index < -0.39 is 23.7 Å². The number of aryl methyl sites for hydroxylation is 1. The summed E-state index contributed by atoms with van der Waals surface area (Å²) in [6.07, 6.45) is 3.40. The van der Waals surface area contributed by atoms with Crippen LogP contribution < -0.4 is 5.32 Å². The van der Waals surface area contributed by atoms with Crippen LogP contribution in [0.15, 0.2) is 48.8 Å². The van der Waals surface area contributed by atoms with E-state index in [-0.39, 0.29) is 17.4 Å². The Kier molecular flexibility index (Phi) is 6.40. The molecule has 3 aromatic rings. The Labute approximate surface area is 201 Å². The van der Waals surface area contributed by atoms with Crippen molar-refractivity contribution in [2.75, 3.05) is 11.9 Å². The molecule has 174 valence electrons. The molecule has 1 aliphatic rings. The number of nitriles is 1. The summed E-state index contributed by atoms with van der Waals surface area (Å²) in [6, 6.07) is 9.84. The van der Waals surface area contributed by atoms with Crippen LogP contribution in [-0.2, 0) is 11.8 Å². The summed E-state index contributed by atoms with van der Waals surface area (Å²) < 4.78 is 15.8. The molecule has 1 aromatic heterocycles. The highest BCUT2D eigenvalue weighted by Gasteiger charge is 2.45. The van der Waals surface area contributed by atoms with Gasteiger partial charge in [-0.05, 0) is 41.8 Å². The molecule has 0 radical (unpaired) electrons. The number of anilines is 1. The van der Waals surface area contributed by atoms with Crippen LogP contribution in [0.3, 0.4) is 0 Å². The van der Waals surface area contributed by atoms with Crippen LogP contribution in [0.5, 0.6) is 0 Å². The summed E-state index contributed by atoms with van der Waals surface area (Å²) in [7, 11) is 1.76. The van der Waals surface area contributed by atoms with E-state index in [1.807, 2.05) is 19.9 Å². The van der Waals surface area contributed by atoms with Crippen molar-refractivity contribution in [2.45, 2.75) is 25.8 Å². The second-order valence-corrected chi connectivity index (χ2v) is 9.22. The van der Waals surface area contributed by atoms with Crippen LogP contribution in [0.1, 0.15) is 52.9 Å². The highest BCUT2D eigenvalue weighted by molar-refractivity contribution is 6.31. The van der Waals surface area contributed by atoms with E-state index in [4.69, 9.17) is 11.6 Å². The van der Waals surface area contributed by atoms with Crippen molar-refractivity contribution in [3.63, 3.8) is 0 Å². The Hall–Kier alpha value is -3.70. The minimum Gasteiger partial charge on any atom is -0.330 e. The molecule has 34 heavy (non-hydrogen) atoms. The van der Waals surface area contributed by atoms with Gasteiger partial charge >= 0.3 is 0 Å². The Morgan fingerprint density at radius 3 is 2.71 bits per heavy atom. The van der Waals surface area contributed by atoms with Gasteiger partial charge in [-0.25, -0.2) is 4.39 Å². The first-order valence-electron chi connectivity index (χ1n) is 10.8. The number of fused-ring (bicyclic) bond motifs is 1. The van der Waals surface area contributed by atoms with Gasteiger partial charge in [0.1, 0.15) is 5.82 Å². The van der Waals surface area contributed by atoms with Crippen LogP contribution in [0.4, 0.5) is 10.1 Å². The molecule has 0 unspecified atom stereocenters. The average molecular weight is 480 g/mol. The summed E-state index contributed by atoms with van der Waals surface area (Å²) in [5.74, 6) is -2.04. The number of carbonyl (C=O) groups excluding carboxylic acids is 2. The van der Waals surface area contributed by atoms with Gasteiger partial charge in [0.25, 0.3) is 5.91 Å². The Morgan fingerprint density at radius 2 is 2.06 bits per heavy atom. The molecular formula is C25H23ClFN5O2. The molecular weight excluding hydrogens is 457 g/mol. The number of carbonyl (C=O) groups is 2. The third-order valence-corrected chi connectivity index (χ3v) is 5.92. The molecule has 4 rings (SSSR count). The largest absolute Gasteiger partial charge is 0.330 e. The summed E-state index contributed by atoms with van der Waals surface area (Å²) in [6.45, 7) is 4.31. The first-order valence-corrected chi connectivity index (χ1v) is 11.2. The van der Waals surface area contributed by atoms with Crippen molar-refractivity contribution in [1.29, 1.82) is 5.26 Å². The summed E-state index contributed by atoms with van der Waals surface area (Å²) >= 11 is 6.12. The molecule has 0 aliphatic carbocycles. The van der Waals surface area contributed by atoms with Crippen LogP contribution >= 0.6 is 11.6 Å². The molecule has 1 aliphatic heterocycles. The SMILES string of the molecule is CC(C)CN1C(=O)c2cc(F)ccc2[C@@H](C(=O)Nc2cc(Cl)cc(C#N)c2)[C@@H]1c1cnn(C)c1. The molecule has 2 amide bonds. The number of hydrogen-bond donors (Lipinski definition) is 1. The van der Waals surface area contributed by atoms with E-state index in [0.717, 1.165) is 0 Å². The zero-order chi connectivity index (χ0) is 24.6. The highest BCUT2D eigenvalue weighted by atomic mass is 35.5. The van der Waals surface area contributed by atoms with E-state index in [9.17, 15) is 19.2 Å². The Bertz CT molecular complexity index is 1310. The van der Waals surface area contributed by atoms with Gasteiger partial charge in [0.05, 0.1) is 29.8 Å². The monoisotopic (exact) mass is 479 g/mol. The van der Waals surface area contributed by atoms with Crippen molar-refractivity contribution in [2.24, 2.45) is 13.0 Å². The molecule has 0 saturated heterocycles. The maximum Gasteiger partial charge on any atom is 0.254 e. The minimum atomic E-state index is -0.847. The molecule has 9 heteroatoms. The molecule has 2 aromatic carbocycles. The standard InChI is InChI=1S/C25H23ClFN5O2/c1-14(2)12-32-23(16-11-29-31(3)13-16)22(20-5-4-18(27)9-21(20)25(32)34)24(33)30-19-7-15(10-28)6-17(26)8-19/h4-9,11,13-14,22-23H,12H2,1-3H3,(H,30,33)/t22-,23+/m1/s1. The second-order valence-electron chi connectivity index (χ2n) is 8.78. The van der Waals surface area contributed by atoms with Crippen LogP contribution in [0.2, 0.25) is 5.02 Å². The topological polar surface area (TPSA) is 91.0 Å². The van der Waals surface area contributed by atoms with Gasteiger partial charge in [0.15, 0.2) is 0 Å². The lowest BCUT2D eigenvalue weighted by atomic mass is 9.79. The van der Waals surface area contributed by atoms with Crippen molar-refractivity contribution in [3.05, 3.63) is 81.9 Å². The van der Waals surface area contributed by atoms with Gasteiger partial charge in [0, 0.05) is 41.6 Å². The number of halogens is 2. The first-order chi connectivity index (χ1) is 16.2. The van der Waals surface area contributed by atoms with Crippen molar-refractivity contribution in [3.8, 4) is 6.07 Å². The first kappa shape index (κ1) is 23.5. The molecule has 2 atom stereocenters. The fraction of sp³-hybridized carbons (Fsp3) is 0.280. The van der Waals surface area contributed by atoms with Gasteiger partial charge in [-0.2, -0.15) is 10.4 Å². The summed E-state index contributed by atoms with van der Waals surface area (Å²) in [5.41, 5.74) is 1.93. The smallest absolute Gasteiger partial charge is 0.254 e. The lowest BCUT2D eigenvalue weighted by Crippen LogP contribution is -2.47. The molecule has 0 spiro atoms. The maximum absolute atomic E-state index is 14.2. The number of aromatic nitrogens is 2. The Balaban J connectivity index is 1.86. The zero-order valence-electron chi connectivity index (χ0n) is 18.9. The van der Waals surface area contributed by atoms with E-state index in [1.165, 1.54) is 30.3 Å².